The fraction of sp³-hybridized carbons (Fsp3) is 0.125. The summed E-state index contributed by atoms with van der Waals surface area (Å²) >= 11 is 0. The van der Waals surface area contributed by atoms with E-state index in [1.807, 2.05) is 6.07 Å². The molecule has 124 valence electrons. The molecule has 0 saturated carbocycles. The smallest absolute Gasteiger partial charge is 0.412 e. The minimum Gasteiger partial charge on any atom is -0.465 e. The molecular formula is C16H14N2O6. The molecule has 0 bridgehead atoms. The maximum absolute atomic E-state index is 11.8. The van der Waals surface area contributed by atoms with E-state index in [4.69, 9.17) is 4.74 Å². The van der Waals surface area contributed by atoms with Crippen LogP contribution in [0.3, 0.4) is 0 Å². The van der Waals surface area contributed by atoms with Crippen molar-refractivity contribution in [1.29, 1.82) is 0 Å². The summed E-state index contributed by atoms with van der Waals surface area (Å²) in [6.45, 7) is 0.0285. The molecule has 0 saturated heterocycles. The summed E-state index contributed by atoms with van der Waals surface area (Å²) in [7, 11) is 1.17. The minimum atomic E-state index is -0.840. The Morgan fingerprint density at radius 1 is 1.17 bits per heavy atom. The van der Waals surface area contributed by atoms with Gasteiger partial charge in [-0.2, -0.15) is 0 Å². The molecule has 0 aliphatic rings. The zero-order valence-electron chi connectivity index (χ0n) is 12.7. The van der Waals surface area contributed by atoms with E-state index in [1.54, 1.807) is 24.3 Å². The van der Waals surface area contributed by atoms with Gasteiger partial charge in [0.25, 0.3) is 5.69 Å². The van der Waals surface area contributed by atoms with Crippen LogP contribution in [-0.4, -0.2) is 24.1 Å². The summed E-state index contributed by atoms with van der Waals surface area (Å²) in [5.74, 6) is -0.712. The summed E-state index contributed by atoms with van der Waals surface area (Å²) < 4.78 is 9.51. The van der Waals surface area contributed by atoms with Crippen LogP contribution in [0, 0.1) is 10.1 Å². The maximum atomic E-state index is 11.8. The Kier molecular flexibility index (Phi) is 5.45. The number of esters is 1. The number of benzene rings is 2. The molecule has 2 rings (SSSR count). The maximum Gasteiger partial charge on any atom is 0.412 e. The van der Waals surface area contributed by atoms with E-state index < -0.39 is 22.7 Å². The van der Waals surface area contributed by atoms with E-state index in [0.29, 0.717) is 0 Å². The Balaban J connectivity index is 2.09. The summed E-state index contributed by atoms with van der Waals surface area (Å²) in [6, 6.07) is 12.6. The SMILES string of the molecule is COC(=O)c1ccc(NC(=O)OCc2ccccc2)c([N+](=O)[O-])c1. The van der Waals surface area contributed by atoms with Gasteiger partial charge in [0.05, 0.1) is 17.6 Å². The van der Waals surface area contributed by atoms with Crippen LogP contribution in [0.2, 0.25) is 0 Å². The van der Waals surface area contributed by atoms with Crippen molar-refractivity contribution < 1.29 is 24.0 Å². The average molecular weight is 330 g/mol. The number of rotatable bonds is 5. The van der Waals surface area contributed by atoms with Gasteiger partial charge in [0.1, 0.15) is 12.3 Å². The Hall–Kier alpha value is -3.42. The number of nitro groups is 1. The van der Waals surface area contributed by atoms with E-state index in [9.17, 15) is 19.7 Å². The van der Waals surface area contributed by atoms with Crippen LogP contribution < -0.4 is 5.32 Å². The van der Waals surface area contributed by atoms with Gasteiger partial charge < -0.3 is 9.47 Å². The first-order valence-electron chi connectivity index (χ1n) is 6.85. The second-order valence-corrected chi connectivity index (χ2v) is 4.67. The predicted molar refractivity (Wildman–Crippen MR) is 84.7 cm³/mol. The lowest BCUT2D eigenvalue weighted by molar-refractivity contribution is -0.384. The van der Waals surface area contributed by atoms with Crippen molar-refractivity contribution in [2.75, 3.05) is 12.4 Å². The van der Waals surface area contributed by atoms with Gasteiger partial charge in [-0.05, 0) is 17.7 Å². The van der Waals surface area contributed by atoms with Crippen molar-refractivity contribution in [3.63, 3.8) is 0 Å². The standard InChI is InChI=1S/C16H14N2O6/c1-23-15(19)12-7-8-13(14(9-12)18(21)22)17-16(20)24-10-11-5-3-2-4-6-11/h2-9H,10H2,1H3,(H,17,20). The predicted octanol–water partition coefficient (Wildman–Crippen LogP) is 3.13. The highest BCUT2D eigenvalue weighted by molar-refractivity contribution is 5.93. The third-order valence-corrected chi connectivity index (χ3v) is 3.07. The topological polar surface area (TPSA) is 108 Å². The van der Waals surface area contributed by atoms with Crippen LogP contribution in [0.5, 0.6) is 0 Å². The van der Waals surface area contributed by atoms with Gasteiger partial charge in [-0.1, -0.05) is 30.3 Å². The molecule has 1 N–H and O–H groups in total. The number of nitrogens with zero attached hydrogens (tertiary/aromatic N) is 1. The molecule has 2 aromatic rings. The van der Waals surface area contributed by atoms with Crippen LogP contribution in [0.1, 0.15) is 15.9 Å². The molecule has 0 aliphatic carbocycles. The number of ether oxygens (including phenoxy) is 2. The number of nitro benzene ring substituents is 1. The lowest BCUT2D eigenvalue weighted by atomic mass is 10.1. The highest BCUT2D eigenvalue weighted by atomic mass is 16.6. The first-order valence-corrected chi connectivity index (χ1v) is 6.85. The van der Waals surface area contributed by atoms with Crippen LogP contribution >= 0.6 is 0 Å². The van der Waals surface area contributed by atoms with Crippen LogP contribution in [0.15, 0.2) is 48.5 Å². The lowest BCUT2D eigenvalue weighted by Crippen LogP contribution is -2.15. The van der Waals surface area contributed by atoms with Crippen LogP contribution in [0.4, 0.5) is 16.2 Å². The first-order chi connectivity index (χ1) is 11.5. The van der Waals surface area contributed by atoms with Gasteiger partial charge in [-0.25, -0.2) is 9.59 Å². The second kappa shape index (κ2) is 7.73. The molecule has 0 heterocycles. The first kappa shape index (κ1) is 16.9. The molecule has 8 nitrogen and oxygen atoms in total. The number of anilines is 1. The third-order valence-electron chi connectivity index (χ3n) is 3.07. The molecule has 0 radical (unpaired) electrons. The van der Waals surface area contributed by atoms with Gasteiger partial charge in [0.2, 0.25) is 0 Å². The van der Waals surface area contributed by atoms with Crippen molar-refractivity contribution >= 4 is 23.4 Å². The monoisotopic (exact) mass is 330 g/mol. The zero-order chi connectivity index (χ0) is 17.5. The Labute approximate surface area is 137 Å². The lowest BCUT2D eigenvalue weighted by Gasteiger charge is -2.08. The van der Waals surface area contributed by atoms with E-state index in [2.05, 4.69) is 10.1 Å². The van der Waals surface area contributed by atoms with Crippen molar-refractivity contribution in [3.8, 4) is 0 Å². The Morgan fingerprint density at radius 2 is 1.88 bits per heavy atom. The van der Waals surface area contributed by atoms with Gasteiger partial charge in [-0.3, -0.25) is 15.4 Å². The number of hydrogen-bond acceptors (Lipinski definition) is 6. The minimum absolute atomic E-state index is 0.00685. The van der Waals surface area contributed by atoms with Crippen LogP contribution in [-0.2, 0) is 16.1 Å². The zero-order valence-corrected chi connectivity index (χ0v) is 12.7. The highest BCUT2D eigenvalue weighted by Gasteiger charge is 2.20. The number of hydrogen-bond donors (Lipinski definition) is 1. The summed E-state index contributed by atoms with van der Waals surface area (Å²) in [5, 5.41) is 13.4. The van der Waals surface area contributed by atoms with Gasteiger partial charge in [0, 0.05) is 6.07 Å². The second-order valence-electron chi connectivity index (χ2n) is 4.67. The molecule has 0 atom stereocenters. The quantitative estimate of drug-likeness (QED) is 0.512. The molecule has 0 aromatic heterocycles. The summed E-state index contributed by atoms with van der Waals surface area (Å²) in [6.07, 6.45) is -0.840. The largest absolute Gasteiger partial charge is 0.465 e. The Bertz CT molecular complexity index is 760. The number of nitrogens with one attached hydrogen (secondary N) is 1. The van der Waals surface area contributed by atoms with Gasteiger partial charge in [-0.15, -0.1) is 0 Å². The number of carbonyl (C=O) groups is 2. The molecule has 0 unspecified atom stereocenters. The third kappa shape index (κ3) is 4.29. The molecule has 2 aromatic carbocycles. The fourth-order valence-corrected chi connectivity index (χ4v) is 1.90. The van der Waals surface area contributed by atoms with Crippen LogP contribution in [0.25, 0.3) is 0 Å². The number of methoxy groups -OCH3 is 1. The van der Waals surface area contributed by atoms with E-state index in [1.165, 1.54) is 19.2 Å². The highest BCUT2D eigenvalue weighted by Crippen LogP contribution is 2.26. The van der Waals surface area contributed by atoms with Crippen molar-refractivity contribution in [1.82, 2.24) is 0 Å². The molecule has 24 heavy (non-hydrogen) atoms. The van der Waals surface area contributed by atoms with Gasteiger partial charge in [0.15, 0.2) is 0 Å². The van der Waals surface area contributed by atoms with E-state index in [-0.39, 0.29) is 17.9 Å². The van der Waals surface area contributed by atoms with Gasteiger partial charge >= 0.3 is 12.1 Å². The molecule has 8 heteroatoms. The van der Waals surface area contributed by atoms with Crippen molar-refractivity contribution in [2.45, 2.75) is 6.61 Å². The number of carbonyl (C=O) groups excluding carboxylic acids is 2. The average Bonchev–Trinajstić information content (AvgIpc) is 2.60. The summed E-state index contributed by atoms with van der Waals surface area (Å²) in [4.78, 5) is 33.6. The fourth-order valence-electron chi connectivity index (χ4n) is 1.90. The van der Waals surface area contributed by atoms with E-state index >= 15 is 0 Å². The van der Waals surface area contributed by atoms with E-state index in [0.717, 1.165) is 11.6 Å². The molecule has 0 spiro atoms. The molecular weight excluding hydrogens is 316 g/mol. The normalized spacial score (nSPS) is 9.88. The number of amides is 1. The molecule has 0 fully saturated rings. The van der Waals surface area contributed by atoms with Crippen molar-refractivity contribution in [3.05, 3.63) is 69.8 Å². The summed E-state index contributed by atoms with van der Waals surface area (Å²) in [5.41, 5.74) is 0.274. The van der Waals surface area contributed by atoms with Crippen molar-refractivity contribution in [2.24, 2.45) is 0 Å². The molecule has 0 aliphatic heterocycles. The molecule has 1 amide bonds. The Morgan fingerprint density at radius 3 is 2.50 bits per heavy atom.